The highest BCUT2D eigenvalue weighted by Gasteiger charge is 2.10. The van der Waals surface area contributed by atoms with Gasteiger partial charge in [-0.1, -0.05) is 23.7 Å². The number of ether oxygens (including phenoxy) is 2. The van der Waals surface area contributed by atoms with Crippen molar-refractivity contribution in [3.63, 3.8) is 0 Å². The van der Waals surface area contributed by atoms with Gasteiger partial charge in [0, 0.05) is 6.08 Å². The highest BCUT2D eigenvalue weighted by molar-refractivity contribution is 6.32. The molecule has 0 aliphatic carbocycles. The van der Waals surface area contributed by atoms with Gasteiger partial charge in [-0.2, -0.15) is 0 Å². The molecule has 6 nitrogen and oxygen atoms in total. The molecule has 134 valence electrons. The third kappa shape index (κ3) is 3.97. The number of halogens is 1. The number of fused-ring (bicyclic) bond motifs is 1. The van der Waals surface area contributed by atoms with Crippen LogP contribution in [0.1, 0.15) is 11.4 Å². The Morgan fingerprint density at radius 1 is 1.27 bits per heavy atom. The molecule has 7 heteroatoms. The fourth-order valence-electron chi connectivity index (χ4n) is 2.53. The predicted octanol–water partition coefficient (Wildman–Crippen LogP) is 3.56. The third-order valence-corrected chi connectivity index (χ3v) is 4.03. The van der Waals surface area contributed by atoms with E-state index < -0.39 is 0 Å². The van der Waals surface area contributed by atoms with E-state index in [1.54, 1.807) is 18.2 Å². The third-order valence-electron chi connectivity index (χ3n) is 3.75. The molecule has 3 aromatic rings. The number of aromatic nitrogens is 2. The monoisotopic (exact) mass is 371 g/mol. The number of benzene rings is 2. The van der Waals surface area contributed by atoms with Gasteiger partial charge < -0.3 is 19.8 Å². The summed E-state index contributed by atoms with van der Waals surface area (Å²) in [4.78, 5) is 19.6. The number of hydrogen-bond acceptors (Lipinski definition) is 4. The van der Waals surface area contributed by atoms with Crippen LogP contribution in [0, 0.1) is 0 Å². The van der Waals surface area contributed by atoms with Crippen molar-refractivity contribution in [3.8, 4) is 11.5 Å². The molecule has 0 bridgehead atoms. The molecule has 0 radical (unpaired) electrons. The molecule has 0 fully saturated rings. The van der Waals surface area contributed by atoms with E-state index in [1.807, 2.05) is 24.3 Å². The Hall–Kier alpha value is -2.99. The fourth-order valence-corrected chi connectivity index (χ4v) is 2.82. The standard InChI is InChI=1S/C19H18ClN3O3/c1-25-16-10-12(9-13(20)19(16)26-2)7-8-18(24)21-11-17-22-14-5-3-4-6-15(14)23-17/h3-10H,11H2,1-2H3,(H,21,24)(H,22,23). The van der Waals surface area contributed by atoms with Gasteiger partial charge in [-0.25, -0.2) is 4.98 Å². The molecule has 0 atom stereocenters. The number of carbonyl (C=O) groups excluding carboxylic acids is 1. The van der Waals surface area contributed by atoms with E-state index in [1.165, 1.54) is 20.3 Å². The van der Waals surface area contributed by atoms with E-state index in [0.717, 1.165) is 16.6 Å². The smallest absolute Gasteiger partial charge is 0.244 e. The summed E-state index contributed by atoms with van der Waals surface area (Å²) in [5.41, 5.74) is 2.53. The lowest BCUT2D eigenvalue weighted by atomic mass is 10.2. The zero-order chi connectivity index (χ0) is 18.5. The first-order chi connectivity index (χ1) is 12.6. The van der Waals surface area contributed by atoms with Crippen LogP contribution in [-0.4, -0.2) is 30.1 Å². The van der Waals surface area contributed by atoms with Crippen LogP contribution in [0.4, 0.5) is 0 Å². The number of imidazole rings is 1. The van der Waals surface area contributed by atoms with E-state index in [2.05, 4.69) is 15.3 Å². The van der Waals surface area contributed by atoms with Crippen LogP contribution >= 0.6 is 11.6 Å². The summed E-state index contributed by atoms with van der Waals surface area (Å²) in [7, 11) is 3.05. The van der Waals surface area contributed by atoms with Crippen molar-refractivity contribution in [2.45, 2.75) is 6.54 Å². The number of nitrogens with zero attached hydrogens (tertiary/aromatic N) is 1. The number of rotatable bonds is 6. The molecule has 0 unspecified atom stereocenters. The summed E-state index contributed by atoms with van der Waals surface area (Å²) in [6.07, 6.45) is 3.09. The van der Waals surface area contributed by atoms with E-state index in [-0.39, 0.29) is 5.91 Å². The van der Waals surface area contributed by atoms with Gasteiger partial charge in [-0.15, -0.1) is 0 Å². The van der Waals surface area contributed by atoms with Gasteiger partial charge in [0.1, 0.15) is 5.82 Å². The van der Waals surface area contributed by atoms with Crippen LogP contribution in [0.25, 0.3) is 17.1 Å². The second kappa shape index (κ2) is 7.93. The summed E-state index contributed by atoms with van der Waals surface area (Å²) in [6, 6.07) is 11.1. The molecule has 1 amide bonds. The molecule has 2 aromatic carbocycles. The zero-order valence-electron chi connectivity index (χ0n) is 14.4. The topological polar surface area (TPSA) is 76.2 Å². The highest BCUT2D eigenvalue weighted by atomic mass is 35.5. The lowest BCUT2D eigenvalue weighted by Crippen LogP contribution is -2.20. The van der Waals surface area contributed by atoms with Crippen molar-refractivity contribution in [2.75, 3.05) is 14.2 Å². The number of amides is 1. The first kappa shape index (κ1) is 17.8. The van der Waals surface area contributed by atoms with Crippen molar-refractivity contribution >= 4 is 34.6 Å². The van der Waals surface area contributed by atoms with Gasteiger partial charge in [0.25, 0.3) is 0 Å². The summed E-state index contributed by atoms with van der Waals surface area (Å²) < 4.78 is 10.4. The van der Waals surface area contributed by atoms with Crippen LogP contribution in [0.2, 0.25) is 5.02 Å². The molecule has 0 spiro atoms. The molecule has 2 N–H and O–H groups in total. The van der Waals surface area contributed by atoms with Gasteiger partial charge in [0.05, 0.1) is 36.8 Å². The first-order valence-corrected chi connectivity index (χ1v) is 8.29. The molecule has 0 aliphatic heterocycles. The predicted molar refractivity (Wildman–Crippen MR) is 102 cm³/mol. The summed E-state index contributed by atoms with van der Waals surface area (Å²) >= 11 is 6.16. The molecule has 1 aromatic heterocycles. The number of carbonyl (C=O) groups is 1. The summed E-state index contributed by atoms with van der Waals surface area (Å²) in [5.74, 6) is 1.42. The number of aromatic amines is 1. The van der Waals surface area contributed by atoms with Crippen LogP contribution in [0.5, 0.6) is 11.5 Å². The van der Waals surface area contributed by atoms with Crippen molar-refractivity contribution in [1.29, 1.82) is 0 Å². The zero-order valence-corrected chi connectivity index (χ0v) is 15.1. The lowest BCUT2D eigenvalue weighted by Gasteiger charge is -2.10. The van der Waals surface area contributed by atoms with Crippen molar-refractivity contribution in [1.82, 2.24) is 15.3 Å². The normalized spacial score (nSPS) is 11.0. The number of hydrogen-bond donors (Lipinski definition) is 2. The Morgan fingerprint density at radius 2 is 2.08 bits per heavy atom. The Bertz CT molecular complexity index is 933. The van der Waals surface area contributed by atoms with Crippen LogP contribution < -0.4 is 14.8 Å². The maximum Gasteiger partial charge on any atom is 0.244 e. The van der Waals surface area contributed by atoms with Gasteiger partial charge in [0.15, 0.2) is 11.5 Å². The van der Waals surface area contributed by atoms with E-state index >= 15 is 0 Å². The number of para-hydroxylation sites is 2. The van der Waals surface area contributed by atoms with E-state index in [0.29, 0.717) is 28.9 Å². The largest absolute Gasteiger partial charge is 0.493 e. The average Bonchev–Trinajstić information content (AvgIpc) is 3.07. The maximum atomic E-state index is 12.0. The van der Waals surface area contributed by atoms with Crippen LogP contribution in [-0.2, 0) is 11.3 Å². The Labute approximate surface area is 155 Å². The minimum Gasteiger partial charge on any atom is -0.493 e. The van der Waals surface area contributed by atoms with Gasteiger partial charge in [-0.3, -0.25) is 4.79 Å². The van der Waals surface area contributed by atoms with Crippen molar-refractivity contribution in [2.24, 2.45) is 0 Å². The Kier molecular flexibility index (Phi) is 5.43. The Morgan fingerprint density at radius 3 is 2.81 bits per heavy atom. The maximum absolute atomic E-state index is 12.0. The number of methoxy groups -OCH3 is 2. The molecule has 3 rings (SSSR count). The SMILES string of the molecule is COc1cc(C=CC(=O)NCc2nc3ccccc3[nH]2)cc(Cl)c1OC. The highest BCUT2D eigenvalue weighted by Crippen LogP contribution is 2.36. The molecular weight excluding hydrogens is 354 g/mol. The van der Waals surface area contributed by atoms with E-state index in [9.17, 15) is 4.79 Å². The van der Waals surface area contributed by atoms with Crippen molar-refractivity contribution in [3.05, 3.63) is 58.9 Å². The van der Waals surface area contributed by atoms with Crippen LogP contribution in [0.3, 0.4) is 0 Å². The second-order valence-electron chi connectivity index (χ2n) is 5.49. The number of nitrogens with one attached hydrogen (secondary N) is 2. The van der Waals surface area contributed by atoms with Gasteiger partial charge in [-0.05, 0) is 35.9 Å². The van der Waals surface area contributed by atoms with Crippen LogP contribution in [0.15, 0.2) is 42.5 Å². The molecule has 0 aliphatic rings. The molecule has 0 saturated heterocycles. The lowest BCUT2D eigenvalue weighted by molar-refractivity contribution is -0.116. The summed E-state index contributed by atoms with van der Waals surface area (Å²) in [6.45, 7) is 0.310. The minimum atomic E-state index is -0.239. The second-order valence-corrected chi connectivity index (χ2v) is 5.90. The van der Waals surface area contributed by atoms with E-state index in [4.69, 9.17) is 21.1 Å². The average molecular weight is 372 g/mol. The molecule has 26 heavy (non-hydrogen) atoms. The molecule has 0 saturated carbocycles. The van der Waals surface area contributed by atoms with Crippen molar-refractivity contribution < 1.29 is 14.3 Å². The van der Waals surface area contributed by atoms with Gasteiger partial charge in [0.2, 0.25) is 5.91 Å². The molecule has 1 heterocycles. The molecular formula is C19H18ClN3O3. The quantitative estimate of drug-likeness (QED) is 0.649. The number of H-pyrrole nitrogens is 1. The fraction of sp³-hybridized carbons (Fsp3) is 0.158. The minimum absolute atomic E-state index is 0.239. The first-order valence-electron chi connectivity index (χ1n) is 7.91. The van der Waals surface area contributed by atoms with Gasteiger partial charge >= 0.3 is 0 Å². The summed E-state index contributed by atoms with van der Waals surface area (Å²) in [5, 5.41) is 3.20. The Balaban J connectivity index is 1.65.